The molecule has 0 aliphatic rings. The molecule has 0 saturated heterocycles. The monoisotopic (exact) mass is 298 g/mol. The highest BCUT2D eigenvalue weighted by atomic mass is 32.2. The Hall–Kier alpha value is -2.28. The molecule has 0 radical (unpaired) electrons. The van der Waals surface area contributed by atoms with Gasteiger partial charge in [-0.15, -0.1) is 29.7 Å². The zero-order valence-corrected chi connectivity index (χ0v) is 12.1. The van der Waals surface area contributed by atoms with Crippen molar-refractivity contribution in [2.24, 2.45) is 0 Å². The summed E-state index contributed by atoms with van der Waals surface area (Å²) >= 11 is 2.84. The van der Waals surface area contributed by atoms with Gasteiger partial charge in [-0.25, -0.2) is 4.98 Å². The van der Waals surface area contributed by atoms with Crippen LogP contribution >= 0.6 is 23.1 Å². The van der Waals surface area contributed by atoms with E-state index < -0.39 is 0 Å². The molecule has 0 aliphatic heterocycles. The number of aromatic nitrogens is 1. The minimum atomic E-state index is 0.154. The van der Waals surface area contributed by atoms with E-state index in [1.165, 1.54) is 23.1 Å². The van der Waals surface area contributed by atoms with Gasteiger partial charge in [-0.2, -0.15) is 10.5 Å². The Labute approximate surface area is 125 Å². The van der Waals surface area contributed by atoms with Gasteiger partial charge in [0.25, 0.3) is 0 Å². The van der Waals surface area contributed by atoms with Gasteiger partial charge in [-0.3, -0.25) is 0 Å². The number of nitrogens with zero attached hydrogens (tertiary/aromatic N) is 3. The predicted molar refractivity (Wildman–Crippen MR) is 82.3 cm³/mol. The Kier molecular flexibility index (Phi) is 4.41. The van der Waals surface area contributed by atoms with Crippen LogP contribution in [-0.4, -0.2) is 10.7 Å². The molecule has 0 fully saturated rings. The predicted octanol–water partition coefficient (Wildman–Crippen LogP) is 3.41. The minimum absolute atomic E-state index is 0.154. The van der Waals surface area contributed by atoms with Crippen molar-refractivity contribution in [1.29, 1.82) is 10.5 Å². The molecule has 0 amide bonds. The highest BCUT2D eigenvalue weighted by molar-refractivity contribution is 7.99. The Morgan fingerprint density at radius 1 is 1.40 bits per heavy atom. The molecule has 2 aromatic heterocycles. The van der Waals surface area contributed by atoms with Crippen molar-refractivity contribution in [3.05, 3.63) is 41.3 Å². The molecule has 0 aromatic carbocycles. The molecular formula is C14H10N4S2. The van der Waals surface area contributed by atoms with E-state index in [9.17, 15) is 10.5 Å². The maximum atomic E-state index is 9.43. The number of nitrogen functional groups attached to an aromatic ring is 1. The lowest BCUT2D eigenvalue weighted by Crippen LogP contribution is -2.02. The first-order valence-electron chi connectivity index (χ1n) is 5.64. The topological polar surface area (TPSA) is 86.5 Å². The highest BCUT2D eigenvalue weighted by Gasteiger charge is 2.20. The van der Waals surface area contributed by atoms with Crippen molar-refractivity contribution in [3.8, 4) is 22.6 Å². The normalized spacial score (nSPS) is 9.70. The third-order valence-electron chi connectivity index (χ3n) is 2.52. The van der Waals surface area contributed by atoms with Crippen molar-refractivity contribution in [1.82, 2.24) is 4.98 Å². The molecule has 0 unspecified atom stereocenters. The van der Waals surface area contributed by atoms with Crippen LogP contribution in [-0.2, 0) is 0 Å². The van der Waals surface area contributed by atoms with Gasteiger partial charge in [0.05, 0.1) is 5.56 Å². The van der Waals surface area contributed by atoms with Crippen molar-refractivity contribution in [2.45, 2.75) is 5.03 Å². The van der Waals surface area contributed by atoms with Gasteiger partial charge < -0.3 is 5.73 Å². The summed E-state index contributed by atoms with van der Waals surface area (Å²) in [6.45, 7) is 3.65. The van der Waals surface area contributed by atoms with Crippen molar-refractivity contribution >= 4 is 28.9 Å². The largest absolute Gasteiger partial charge is 0.383 e. The Balaban J connectivity index is 2.75. The van der Waals surface area contributed by atoms with Gasteiger partial charge in [-0.05, 0) is 11.4 Å². The number of thiophene rings is 1. The number of nitrogens with two attached hydrogens (primary N) is 1. The van der Waals surface area contributed by atoms with Gasteiger partial charge in [0.1, 0.15) is 28.5 Å². The molecule has 2 N–H and O–H groups in total. The Morgan fingerprint density at radius 2 is 2.15 bits per heavy atom. The molecule has 0 aliphatic carbocycles. The fraction of sp³-hybridized carbons (Fsp3) is 0.0714. The number of hydrogen-bond donors (Lipinski definition) is 1. The van der Waals surface area contributed by atoms with E-state index in [4.69, 9.17) is 5.73 Å². The molecule has 2 aromatic rings. The standard InChI is InChI=1S/C14H10N4S2/c1-2-5-20-14-10(8-16)12(11-4-3-6-19-11)9(7-15)13(17)18-14/h2-4,6H,1,5H2,(H2,17,18). The third kappa shape index (κ3) is 2.53. The molecule has 0 atom stereocenters. The quantitative estimate of drug-likeness (QED) is 0.690. The van der Waals surface area contributed by atoms with Crippen LogP contribution in [0.3, 0.4) is 0 Å². The van der Waals surface area contributed by atoms with Gasteiger partial charge in [-0.1, -0.05) is 12.1 Å². The molecule has 98 valence electrons. The smallest absolute Gasteiger partial charge is 0.143 e. The first-order chi connectivity index (χ1) is 9.72. The molecule has 2 heterocycles. The first kappa shape index (κ1) is 14.1. The summed E-state index contributed by atoms with van der Waals surface area (Å²) in [7, 11) is 0. The van der Waals surface area contributed by atoms with E-state index in [2.05, 4.69) is 17.6 Å². The molecule has 2 rings (SSSR count). The number of hydrogen-bond acceptors (Lipinski definition) is 6. The summed E-state index contributed by atoms with van der Waals surface area (Å²) < 4.78 is 0. The van der Waals surface area contributed by atoms with Crippen molar-refractivity contribution in [3.63, 3.8) is 0 Å². The van der Waals surface area contributed by atoms with Crippen molar-refractivity contribution in [2.75, 3.05) is 11.5 Å². The summed E-state index contributed by atoms with van der Waals surface area (Å²) in [4.78, 5) is 5.02. The second-order valence-corrected chi connectivity index (χ2v) is 5.68. The van der Waals surface area contributed by atoms with Crippen LogP contribution in [0.5, 0.6) is 0 Å². The van der Waals surface area contributed by atoms with E-state index in [0.717, 1.165) is 4.88 Å². The fourth-order valence-corrected chi connectivity index (χ4v) is 3.22. The average Bonchev–Trinajstić information content (AvgIpc) is 2.98. The fourth-order valence-electron chi connectivity index (χ4n) is 1.71. The molecular weight excluding hydrogens is 288 g/mol. The SMILES string of the molecule is C=CCSc1nc(N)c(C#N)c(-c2cccs2)c1C#N. The number of thioether (sulfide) groups is 1. The van der Waals surface area contributed by atoms with Crippen molar-refractivity contribution < 1.29 is 0 Å². The van der Waals surface area contributed by atoms with Gasteiger partial charge >= 0.3 is 0 Å². The van der Waals surface area contributed by atoms with E-state index in [-0.39, 0.29) is 11.4 Å². The van der Waals surface area contributed by atoms with Crippen LogP contribution in [0.25, 0.3) is 10.4 Å². The number of pyridine rings is 1. The van der Waals surface area contributed by atoms with Gasteiger partial charge in [0, 0.05) is 16.2 Å². The Bertz CT molecular complexity index is 721. The van der Waals surface area contributed by atoms with Gasteiger partial charge in [0.2, 0.25) is 0 Å². The minimum Gasteiger partial charge on any atom is -0.383 e. The van der Waals surface area contributed by atoms with Crippen LogP contribution < -0.4 is 5.73 Å². The second-order valence-electron chi connectivity index (χ2n) is 3.73. The maximum absolute atomic E-state index is 9.43. The van der Waals surface area contributed by atoms with E-state index in [1.807, 2.05) is 23.6 Å². The number of nitriles is 2. The Morgan fingerprint density at radius 3 is 2.70 bits per heavy atom. The van der Waals surface area contributed by atoms with Gasteiger partial charge in [0.15, 0.2) is 0 Å². The summed E-state index contributed by atoms with van der Waals surface area (Å²) in [5.41, 5.74) is 7.08. The summed E-state index contributed by atoms with van der Waals surface area (Å²) in [5, 5.41) is 21.1. The molecule has 0 bridgehead atoms. The zero-order valence-electron chi connectivity index (χ0n) is 10.5. The van der Waals surface area contributed by atoms with Crippen LogP contribution in [0, 0.1) is 22.7 Å². The molecule has 0 saturated carbocycles. The molecule has 6 heteroatoms. The highest BCUT2D eigenvalue weighted by Crippen LogP contribution is 2.37. The summed E-state index contributed by atoms with van der Waals surface area (Å²) in [6, 6.07) is 7.93. The number of anilines is 1. The van der Waals surface area contributed by atoms with E-state index in [1.54, 1.807) is 6.08 Å². The molecule has 4 nitrogen and oxygen atoms in total. The van der Waals surface area contributed by atoms with E-state index in [0.29, 0.717) is 21.9 Å². The first-order valence-corrected chi connectivity index (χ1v) is 7.50. The molecule has 0 spiro atoms. The van der Waals surface area contributed by atoms with Crippen LogP contribution in [0.1, 0.15) is 11.1 Å². The zero-order chi connectivity index (χ0) is 14.5. The average molecular weight is 298 g/mol. The third-order valence-corrected chi connectivity index (χ3v) is 4.38. The second kappa shape index (κ2) is 6.25. The van der Waals surface area contributed by atoms with Crippen LogP contribution in [0.4, 0.5) is 5.82 Å². The lowest BCUT2D eigenvalue weighted by atomic mass is 10.0. The van der Waals surface area contributed by atoms with Crippen LogP contribution in [0.2, 0.25) is 0 Å². The van der Waals surface area contributed by atoms with E-state index >= 15 is 0 Å². The lowest BCUT2D eigenvalue weighted by Gasteiger charge is -2.10. The maximum Gasteiger partial charge on any atom is 0.143 e. The lowest BCUT2D eigenvalue weighted by molar-refractivity contribution is 1.12. The summed E-state index contributed by atoms with van der Waals surface area (Å²) in [6.07, 6.45) is 1.73. The molecule has 20 heavy (non-hydrogen) atoms. The van der Waals surface area contributed by atoms with Crippen LogP contribution in [0.15, 0.2) is 35.2 Å². The number of rotatable bonds is 4. The summed E-state index contributed by atoms with van der Waals surface area (Å²) in [5.74, 6) is 0.776.